The summed E-state index contributed by atoms with van der Waals surface area (Å²) in [7, 11) is 0.476. The van der Waals surface area contributed by atoms with E-state index in [9.17, 15) is 13.2 Å². The molecule has 0 unspecified atom stereocenters. The van der Waals surface area contributed by atoms with E-state index in [-0.39, 0.29) is 11.8 Å². The molecule has 1 aromatic heterocycles. The van der Waals surface area contributed by atoms with E-state index in [1.54, 1.807) is 22.8 Å². The van der Waals surface area contributed by atoms with Crippen LogP contribution in [0.5, 0.6) is 0 Å². The maximum atomic E-state index is 12.4. The van der Waals surface area contributed by atoms with Gasteiger partial charge in [0.25, 0.3) is 0 Å². The van der Waals surface area contributed by atoms with Gasteiger partial charge in [-0.2, -0.15) is 5.10 Å². The fourth-order valence-corrected chi connectivity index (χ4v) is 3.50. The van der Waals surface area contributed by atoms with E-state index < -0.39 is 10.0 Å². The van der Waals surface area contributed by atoms with E-state index >= 15 is 0 Å². The molecule has 1 aromatic rings. The average molecular weight is 314 g/mol. The summed E-state index contributed by atoms with van der Waals surface area (Å²) in [6.45, 7) is 1.37. The van der Waals surface area contributed by atoms with Crippen molar-refractivity contribution in [3.8, 4) is 0 Å². The fourth-order valence-electron chi connectivity index (χ4n) is 2.62. The highest BCUT2D eigenvalue weighted by atomic mass is 32.2. The van der Waals surface area contributed by atoms with Crippen molar-refractivity contribution < 1.29 is 13.2 Å². The van der Waals surface area contributed by atoms with Crippen LogP contribution in [0.1, 0.15) is 18.5 Å². The van der Waals surface area contributed by atoms with E-state index in [4.69, 9.17) is 0 Å². The van der Waals surface area contributed by atoms with Gasteiger partial charge in [0, 0.05) is 39.3 Å². The van der Waals surface area contributed by atoms with Crippen molar-refractivity contribution in [2.75, 3.05) is 26.4 Å². The molecule has 118 valence electrons. The van der Waals surface area contributed by atoms with Crippen molar-refractivity contribution in [2.24, 2.45) is 13.0 Å². The summed E-state index contributed by atoms with van der Waals surface area (Å²) in [6.07, 6.45) is 4.09. The molecule has 21 heavy (non-hydrogen) atoms. The van der Waals surface area contributed by atoms with Gasteiger partial charge in [-0.15, -0.1) is 0 Å². The van der Waals surface area contributed by atoms with E-state index in [1.165, 1.54) is 10.6 Å². The van der Waals surface area contributed by atoms with Crippen molar-refractivity contribution in [3.05, 3.63) is 18.0 Å². The van der Waals surface area contributed by atoms with Gasteiger partial charge < -0.3 is 4.90 Å². The molecule has 0 aliphatic carbocycles. The first-order chi connectivity index (χ1) is 9.79. The SMILES string of the molecule is CN(Cc1ccnn1C)C(=O)C1CCN(S(C)(=O)=O)CC1. The van der Waals surface area contributed by atoms with Gasteiger partial charge in [0.1, 0.15) is 0 Å². The van der Waals surface area contributed by atoms with Crippen LogP contribution in [-0.4, -0.2) is 59.7 Å². The van der Waals surface area contributed by atoms with Gasteiger partial charge in [0.15, 0.2) is 0 Å². The van der Waals surface area contributed by atoms with Crippen LogP contribution in [0, 0.1) is 5.92 Å². The first-order valence-corrected chi connectivity index (χ1v) is 8.81. The van der Waals surface area contributed by atoms with Crippen molar-refractivity contribution >= 4 is 15.9 Å². The molecule has 1 aliphatic heterocycles. The molecule has 8 heteroatoms. The Hall–Kier alpha value is -1.41. The lowest BCUT2D eigenvalue weighted by molar-refractivity contribution is -0.136. The lowest BCUT2D eigenvalue weighted by Crippen LogP contribution is -2.43. The van der Waals surface area contributed by atoms with Crippen LogP contribution in [0.2, 0.25) is 0 Å². The predicted molar refractivity (Wildman–Crippen MR) is 78.8 cm³/mol. The first kappa shape index (κ1) is 16.0. The summed E-state index contributed by atoms with van der Waals surface area (Å²) >= 11 is 0. The van der Waals surface area contributed by atoms with Crippen LogP contribution in [-0.2, 0) is 28.4 Å². The van der Waals surface area contributed by atoms with Crippen LogP contribution in [0.3, 0.4) is 0 Å². The maximum absolute atomic E-state index is 12.4. The number of aryl methyl sites for hydroxylation is 1. The van der Waals surface area contributed by atoms with Gasteiger partial charge in [0.05, 0.1) is 18.5 Å². The van der Waals surface area contributed by atoms with Gasteiger partial charge >= 0.3 is 0 Å². The maximum Gasteiger partial charge on any atom is 0.225 e. The highest BCUT2D eigenvalue weighted by Crippen LogP contribution is 2.21. The van der Waals surface area contributed by atoms with Crippen molar-refractivity contribution in [1.82, 2.24) is 19.0 Å². The Morgan fingerprint density at radius 3 is 2.52 bits per heavy atom. The third-order valence-electron chi connectivity index (χ3n) is 3.97. The molecule has 0 spiro atoms. The number of piperidine rings is 1. The van der Waals surface area contributed by atoms with E-state index in [0.29, 0.717) is 32.5 Å². The van der Waals surface area contributed by atoms with Crippen molar-refractivity contribution in [3.63, 3.8) is 0 Å². The van der Waals surface area contributed by atoms with E-state index in [1.807, 2.05) is 13.1 Å². The smallest absolute Gasteiger partial charge is 0.225 e. The Labute approximate surface area is 125 Å². The average Bonchev–Trinajstić information content (AvgIpc) is 2.82. The number of nitrogens with zero attached hydrogens (tertiary/aromatic N) is 4. The molecule has 2 rings (SSSR count). The molecule has 0 aromatic carbocycles. The lowest BCUT2D eigenvalue weighted by atomic mass is 9.96. The molecule has 0 atom stereocenters. The number of amides is 1. The molecule has 0 radical (unpaired) electrons. The molecule has 1 fully saturated rings. The predicted octanol–water partition coefficient (Wildman–Crippen LogP) is 0.0501. The second-order valence-electron chi connectivity index (χ2n) is 5.58. The van der Waals surface area contributed by atoms with Crippen LogP contribution in [0.15, 0.2) is 12.3 Å². The highest BCUT2D eigenvalue weighted by Gasteiger charge is 2.30. The number of aromatic nitrogens is 2. The van der Waals surface area contributed by atoms with Gasteiger partial charge in [-0.25, -0.2) is 12.7 Å². The molecule has 1 saturated heterocycles. The van der Waals surface area contributed by atoms with Crippen molar-refractivity contribution in [2.45, 2.75) is 19.4 Å². The monoisotopic (exact) mass is 314 g/mol. The van der Waals surface area contributed by atoms with Gasteiger partial charge in [0.2, 0.25) is 15.9 Å². The summed E-state index contributed by atoms with van der Waals surface area (Å²) in [6, 6.07) is 1.88. The number of rotatable bonds is 4. The van der Waals surface area contributed by atoms with Crippen LogP contribution in [0.4, 0.5) is 0 Å². The number of sulfonamides is 1. The van der Waals surface area contributed by atoms with Gasteiger partial charge in [-0.05, 0) is 18.9 Å². The van der Waals surface area contributed by atoms with Crippen molar-refractivity contribution in [1.29, 1.82) is 0 Å². The fraction of sp³-hybridized carbons (Fsp3) is 0.692. The Kier molecular flexibility index (Phi) is 4.67. The molecular weight excluding hydrogens is 292 g/mol. The minimum atomic E-state index is -3.15. The molecule has 0 bridgehead atoms. The number of carbonyl (C=O) groups excluding carboxylic acids is 1. The van der Waals surface area contributed by atoms with E-state index in [0.717, 1.165) is 5.69 Å². The third-order valence-corrected chi connectivity index (χ3v) is 5.27. The Morgan fingerprint density at radius 1 is 1.43 bits per heavy atom. The highest BCUT2D eigenvalue weighted by molar-refractivity contribution is 7.88. The molecule has 2 heterocycles. The second-order valence-corrected chi connectivity index (χ2v) is 7.56. The summed E-state index contributed by atoms with van der Waals surface area (Å²) in [5.41, 5.74) is 0.972. The summed E-state index contributed by atoms with van der Waals surface area (Å²) < 4.78 is 26.1. The molecule has 7 nitrogen and oxygen atoms in total. The number of hydrogen-bond acceptors (Lipinski definition) is 4. The zero-order valence-electron chi connectivity index (χ0n) is 12.7. The van der Waals surface area contributed by atoms with Crippen LogP contribution < -0.4 is 0 Å². The van der Waals surface area contributed by atoms with E-state index in [2.05, 4.69) is 5.10 Å². The van der Waals surface area contributed by atoms with Gasteiger partial charge in [-0.3, -0.25) is 9.48 Å². The zero-order chi connectivity index (χ0) is 15.6. The lowest BCUT2D eigenvalue weighted by Gasteiger charge is -2.31. The quantitative estimate of drug-likeness (QED) is 0.787. The Balaban J connectivity index is 1.91. The molecule has 0 N–H and O–H groups in total. The first-order valence-electron chi connectivity index (χ1n) is 6.96. The molecule has 1 aliphatic rings. The molecule has 0 saturated carbocycles. The zero-order valence-corrected chi connectivity index (χ0v) is 13.5. The summed E-state index contributed by atoms with van der Waals surface area (Å²) in [5, 5.41) is 4.08. The number of hydrogen-bond donors (Lipinski definition) is 0. The topological polar surface area (TPSA) is 75.5 Å². The normalized spacial score (nSPS) is 17.9. The summed E-state index contributed by atoms with van der Waals surface area (Å²) in [5.74, 6) is -0.0226. The van der Waals surface area contributed by atoms with Gasteiger partial charge in [-0.1, -0.05) is 0 Å². The number of carbonyl (C=O) groups is 1. The minimum absolute atomic E-state index is 0.0735. The summed E-state index contributed by atoms with van der Waals surface area (Å²) in [4.78, 5) is 14.1. The third kappa shape index (κ3) is 3.82. The minimum Gasteiger partial charge on any atom is -0.340 e. The second kappa shape index (κ2) is 6.15. The molecular formula is C13H22N4O3S. The Bertz CT molecular complexity index is 603. The standard InChI is InChI=1S/C13H22N4O3S/c1-15(10-12-4-7-14-16(12)2)13(18)11-5-8-17(9-6-11)21(3,19)20/h4,7,11H,5-6,8-10H2,1-3H3. The molecule has 1 amide bonds. The Morgan fingerprint density at radius 2 is 2.05 bits per heavy atom. The van der Waals surface area contributed by atoms with Crippen LogP contribution in [0.25, 0.3) is 0 Å². The van der Waals surface area contributed by atoms with Crippen LogP contribution >= 0.6 is 0 Å². The largest absolute Gasteiger partial charge is 0.340 e.